The number of carbonyl (C=O) groups is 2. The molecule has 0 saturated heterocycles. The minimum atomic E-state index is -4.79. The zero-order chi connectivity index (χ0) is 24.7. The van der Waals surface area contributed by atoms with Crippen LogP contribution in [0.25, 0.3) is 0 Å². The van der Waals surface area contributed by atoms with Crippen molar-refractivity contribution in [1.29, 1.82) is 0 Å². The van der Waals surface area contributed by atoms with E-state index in [0.29, 0.717) is 6.54 Å². The topological polar surface area (TPSA) is 76.7 Å². The van der Waals surface area contributed by atoms with Crippen LogP contribution in [-0.4, -0.2) is 37.4 Å². The first-order valence-corrected chi connectivity index (χ1v) is 11.0. The van der Waals surface area contributed by atoms with Crippen molar-refractivity contribution in [1.82, 2.24) is 10.6 Å². The Morgan fingerprint density at radius 1 is 1.00 bits per heavy atom. The Kier molecular flexibility index (Phi) is 8.60. The number of hydrogen-bond donors (Lipinski definition) is 2. The van der Waals surface area contributed by atoms with E-state index < -0.39 is 17.9 Å². The minimum absolute atomic E-state index is 0.0221. The summed E-state index contributed by atoms with van der Waals surface area (Å²) < 4.78 is 59.1. The van der Waals surface area contributed by atoms with Crippen LogP contribution < -0.4 is 20.1 Å². The van der Waals surface area contributed by atoms with E-state index in [4.69, 9.17) is 16.3 Å². The van der Waals surface area contributed by atoms with Crippen molar-refractivity contribution in [3.05, 3.63) is 58.9 Å². The van der Waals surface area contributed by atoms with E-state index in [2.05, 4.69) is 15.4 Å². The summed E-state index contributed by atoms with van der Waals surface area (Å²) in [6.07, 6.45) is -1.76. The van der Waals surface area contributed by atoms with Crippen molar-refractivity contribution < 1.29 is 36.6 Å². The maximum atomic E-state index is 13.4. The maximum Gasteiger partial charge on any atom is 0.573 e. The Labute approximate surface area is 198 Å². The largest absolute Gasteiger partial charge is 0.573 e. The highest BCUT2D eigenvalue weighted by molar-refractivity contribution is 6.30. The van der Waals surface area contributed by atoms with Gasteiger partial charge in [0.05, 0.1) is 5.02 Å². The van der Waals surface area contributed by atoms with Gasteiger partial charge in [-0.25, -0.2) is 4.39 Å². The molecule has 3 rings (SSSR count). The lowest BCUT2D eigenvalue weighted by molar-refractivity contribution is -0.274. The molecule has 2 amide bonds. The molecule has 0 unspecified atom stereocenters. The summed E-state index contributed by atoms with van der Waals surface area (Å²) in [5.74, 6) is -1.29. The van der Waals surface area contributed by atoms with Crippen molar-refractivity contribution in [2.24, 2.45) is 5.92 Å². The number of carbonyl (C=O) groups excluding carboxylic acids is 2. The summed E-state index contributed by atoms with van der Waals surface area (Å²) in [5, 5.41) is 5.64. The SMILES string of the molecule is O=C(COc1ccc(Cl)c(F)c1)NC1CCC(CNC(=O)c2ccc(OC(F)(F)F)cc2)CC1. The number of hydrogen-bond acceptors (Lipinski definition) is 4. The summed E-state index contributed by atoms with van der Waals surface area (Å²) >= 11 is 5.61. The molecule has 0 aliphatic heterocycles. The second-order valence-electron chi connectivity index (χ2n) is 7.93. The van der Waals surface area contributed by atoms with Crippen molar-refractivity contribution in [2.75, 3.05) is 13.2 Å². The predicted octanol–water partition coefficient (Wildman–Crippen LogP) is 4.86. The molecule has 0 spiro atoms. The third-order valence-electron chi connectivity index (χ3n) is 5.37. The van der Waals surface area contributed by atoms with Crippen molar-refractivity contribution in [3.63, 3.8) is 0 Å². The molecule has 2 aromatic carbocycles. The molecule has 184 valence electrons. The molecule has 0 aromatic heterocycles. The van der Waals surface area contributed by atoms with Crippen LogP contribution in [0.4, 0.5) is 17.6 Å². The fourth-order valence-electron chi connectivity index (χ4n) is 3.64. The van der Waals surface area contributed by atoms with Gasteiger partial charge in [0, 0.05) is 24.2 Å². The van der Waals surface area contributed by atoms with E-state index in [-0.39, 0.29) is 46.7 Å². The van der Waals surface area contributed by atoms with Crippen molar-refractivity contribution >= 4 is 23.4 Å². The van der Waals surface area contributed by atoms with Crippen molar-refractivity contribution in [3.8, 4) is 11.5 Å². The van der Waals surface area contributed by atoms with E-state index in [1.165, 1.54) is 24.3 Å². The molecular weight excluding hydrogens is 480 g/mol. The molecule has 1 fully saturated rings. The summed E-state index contributed by atoms with van der Waals surface area (Å²) in [5.41, 5.74) is 0.232. The van der Waals surface area contributed by atoms with Gasteiger partial charge < -0.3 is 20.1 Å². The number of rotatable bonds is 8. The smallest absolute Gasteiger partial charge is 0.484 e. The van der Waals surface area contributed by atoms with Gasteiger partial charge in [-0.2, -0.15) is 0 Å². The molecule has 1 saturated carbocycles. The van der Waals surface area contributed by atoms with Crippen molar-refractivity contribution in [2.45, 2.75) is 38.1 Å². The van der Waals surface area contributed by atoms with E-state index >= 15 is 0 Å². The average Bonchev–Trinajstić information content (AvgIpc) is 2.78. The number of nitrogens with one attached hydrogen (secondary N) is 2. The second kappa shape index (κ2) is 11.4. The van der Waals surface area contributed by atoms with Crippen LogP contribution >= 0.6 is 11.6 Å². The van der Waals surface area contributed by atoms with Crippen LogP contribution in [0.5, 0.6) is 11.5 Å². The van der Waals surface area contributed by atoms with E-state index in [1.54, 1.807) is 0 Å². The van der Waals surface area contributed by atoms with Gasteiger partial charge in [0.1, 0.15) is 17.3 Å². The Balaban J connectivity index is 1.35. The summed E-state index contributed by atoms with van der Waals surface area (Å²) in [6, 6.07) is 8.62. The Hall–Kier alpha value is -3.01. The van der Waals surface area contributed by atoms with Gasteiger partial charge in [-0.05, 0) is 68.0 Å². The van der Waals surface area contributed by atoms with Gasteiger partial charge in [-0.15, -0.1) is 13.2 Å². The molecule has 0 heterocycles. The lowest BCUT2D eigenvalue weighted by atomic mass is 9.86. The van der Waals surface area contributed by atoms with Crippen LogP contribution in [0.15, 0.2) is 42.5 Å². The third-order valence-corrected chi connectivity index (χ3v) is 5.68. The molecule has 2 aromatic rings. The first-order valence-electron chi connectivity index (χ1n) is 10.6. The number of benzene rings is 2. The molecule has 1 aliphatic rings. The van der Waals surface area contributed by atoms with Crippen LogP contribution in [0.3, 0.4) is 0 Å². The second-order valence-corrected chi connectivity index (χ2v) is 8.34. The predicted molar refractivity (Wildman–Crippen MR) is 116 cm³/mol. The van der Waals surface area contributed by atoms with Gasteiger partial charge >= 0.3 is 6.36 Å². The lowest BCUT2D eigenvalue weighted by Crippen LogP contribution is -2.41. The van der Waals surface area contributed by atoms with Gasteiger partial charge in [0.15, 0.2) is 6.61 Å². The fraction of sp³-hybridized carbons (Fsp3) is 0.391. The van der Waals surface area contributed by atoms with E-state index in [9.17, 15) is 27.2 Å². The van der Waals surface area contributed by atoms with Gasteiger partial charge in [0.25, 0.3) is 11.8 Å². The highest BCUT2D eigenvalue weighted by Crippen LogP contribution is 2.25. The number of alkyl halides is 3. The van der Waals surface area contributed by atoms with E-state index in [0.717, 1.165) is 43.9 Å². The first kappa shape index (κ1) is 25.6. The van der Waals surface area contributed by atoms with Crippen LogP contribution in [0.1, 0.15) is 36.0 Å². The molecular formula is C23H23ClF4N2O4. The lowest BCUT2D eigenvalue weighted by Gasteiger charge is -2.29. The first-order chi connectivity index (χ1) is 16.1. The molecule has 34 heavy (non-hydrogen) atoms. The Morgan fingerprint density at radius 3 is 2.26 bits per heavy atom. The summed E-state index contributed by atoms with van der Waals surface area (Å²) in [6.45, 7) is 0.176. The molecule has 0 atom stereocenters. The van der Waals surface area contributed by atoms with E-state index in [1.807, 2.05) is 0 Å². The molecule has 0 radical (unpaired) electrons. The zero-order valence-corrected chi connectivity index (χ0v) is 18.7. The molecule has 6 nitrogen and oxygen atoms in total. The summed E-state index contributed by atoms with van der Waals surface area (Å²) in [4.78, 5) is 24.4. The van der Waals surface area contributed by atoms with Crippen LogP contribution in [0.2, 0.25) is 5.02 Å². The molecule has 11 heteroatoms. The molecule has 2 N–H and O–H groups in total. The standard InChI is InChI=1S/C23H23ClF4N2O4/c24-19-10-9-18(11-20(19)25)33-13-21(31)30-16-5-1-14(2-6-16)12-29-22(32)15-3-7-17(8-4-15)34-23(26,27)28/h3-4,7-11,14,16H,1-2,5-6,12-13H2,(H,29,32)(H,30,31). The Bertz CT molecular complexity index is 993. The van der Waals surface area contributed by atoms with Crippen LogP contribution in [0, 0.1) is 11.7 Å². The fourth-order valence-corrected chi connectivity index (χ4v) is 3.76. The number of halogens is 5. The summed E-state index contributed by atoms with van der Waals surface area (Å²) in [7, 11) is 0. The highest BCUT2D eigenvalue weighted by Gasteiger charge is 2.31. The van der Waals surface area contributed by atoms with Gasteiger partial charge in [0.2, 0.25) is 0 Å². The normalized spacial score (nSPS) is 18.1. The third kappa shape index (κ3) is 8.09. The number of amides is 2. The van der Waals surface area contributed by atoms with Gasteiger partial charge in [-0.1, -0.05) is 11.6 Å². The Morgan fingerprint density at radius 2 is 1.65 bits per heavy atom. The molecule has 0 bridgehead atoms. The van der Waals surface area contributed by atoms with Gasteiger partial charge in [-0.3, -0.25) is 9.59 Å². The monoisotopic (exact) mass is 502 g/mol. The quantitative estimate of drug-likeness (QED) is 0.505. The minimum Gasteiger partial charge on any atom is -0.484 e. The maximum absolute atomic E-state index is 13.4. The van der Waals surface area contributed by atoms with Crippen LogP contribution in [-0.2, 0) is 4.79 Å². The average molecular weight is 503 g/mol. The molecule has 1 aliphatic carbocycles. The number of ether oxygens (including phenoxy) is 2. The highest BCUT2D eigenvalue weighted by atomic mass is 35.5. The zero-order valence-electron chi connectivity index (χ0n) is 18.0.